The first-order valence-corrected chi connectivity index (χ1v) is 12.0. The lowest BCUT2D eigenvalue weighted by Gasteiger charge is -2.25. The number of halogens is 5. The summed E-state index contributed by atoms with van der Waals surface area (Å²) in [6.07, 6.45) is -3.89. The van der Waals surface area contributed by atoms with E-state index in [9.17, 15) is 27.2 Å². The number of alkyl halides is 3. The minimum atomic E-state index is -4.54. The van der Waals surface area contributed by atoms with Crippen LogP contribution >= 0.6 is 23.4 Å². The summed E-state index contributed by atoms with van der Waals surface area (Å²) in [6.45, 7) is 0. The number of carboxylic acid groups (broad SMARTS) is 1. The van der Waals surface area contributed by atoms with E-state index in [0.29, 0.717) is 18.6 Å². The van der Waals surface area contributed by atoms with Crippen molar-refractivity contribution in [3.8, 4) is 0 Å². The van der Waals surface area contributed by atoms with Crippen LogP contribution in [0.5, 0.6) is 0 Å². The number of thioether (sulfide) groups is 1. The van der Waals surface area contributed by atoms with Crippen molar-refractivity contribution in [2.75, 3.05) is 5.75 Å². The lowest BCUT2D eigenvalue weighted by atomic mass is 9.90. The van der Waals surface area contributed by atoms with Gasteiger partial charge in [0.15, 0.2) is 0 Å². The number of benzene rings is 2. The molecule has 2 aromatic rings. The molecule has 0 spiro atoms. The summed E-state index contributed by atoms with van der Waals surface area (Å²) in [4.78, 5) is 24.6. The number of rotatable bonds is 6. The highest BCUT2D eigenvalue weighted by Crippen LogP contribution is 2.60. The van der Waals surface area contributed by atoms with Gasteiger partial charge in [0.1, 0.15) is 5.82 Å². The van der Waals surface area contributed by atoms with E-state index in [2.05, 4.69) is 5.32 Å². The molecule has 11 heteroatoms. The van der Waals surface area contributed by atoms with Crippen LogP contribution in [0.15, 0.2) is 47.0 Å². The number of nitrogens with one attached hydrogen (secondary N) is 2. The van der Waals surface area contributed by atoms with Gasteiger partial charge in [-0.2, -0.15) is 13.2 Å². The number of allylic oxidation sites excluding steroid dienone is 2. The van der Waals surface area contributed by atoms with Crippen LogP contribution in [0, 0.1) is 11.2 Å². The second-order valence-corrected chi connectivity index (χ2v) is 9.84. The van der Waals surface area contributed by atoms with Crippen LogP contribution in [-0.2, 0) is 5.41 Å². The average molecular weight is 527 g/mol. The van der Waals surface area contributed by atoms with Crippen molar-refractivity contribution < 1.29 is 32.3 Å². The Bertz CT molecular complexity index is 1270. The summed E-state index contributed by atoms with van der Waals surface area (Å²) in [7, 11) is 0. The van der Waals surface area contributed by atoms with Gasteiger partial charge in [-0.1, -0.05) is 23.7 Å². The van der Waals surface area contributed by atoms with Crippen LogP contribution in [0.4, 0.5) is 17.6 Å². The monoisotopic (exact) mass is 526 g/mol. The predicted molar refractivity (Wildman–Crippen MR) is 125 cm³/mol. The van der Waals surface area contributed by atoms with Crippen molar-refractivity contribution in [3.63, 3.8) is 0 Å². The van der Waals surface area contributed by atoms with E-state index in [1.54, 1.807) is 0 Å². The summed E-state index contributed by atoms with van der Waals surface area (Å²) in [5, 5.41) is 20.0. The maximum Gasteiger partial charge on any atom is 0.398 e. The molecule has 0 atom stereocenters. The number of amides is 1. The highest BCUT2D eigenvalue weighted by atomic mass is 35.5. The summed E-state index contributed by atoms with van der Waals surface area (Å²) >= 11 is 7.40. The zero-order chi connectivity index (χ0) is 25.5. The van der Waals surface area contributed by atoms with Crippen molar-refractivity contribution in [1.29, 1.82) is 5.41 Å². The van der Waals surface area contributed by atoms with Gasteiger partial charge >= 0.3 is 12.1 Å². The first-order chi connectivity index (χ1) is 16.5. The Balaban J connectivity index is 1.70. The predicted octanol–water partition coefficient (Wildman–Crippen LogP) is 6.31. The van der Waals surface area contributed by atoms with Crippen LogP contribution in [-0.4, -0.2) is 34.6 Å². The van der Waals surface area contributed by atoms with E-state index >= 15 is 0 Å². The van der Waals surface area contributed by atoms with E-state index in [-0.39, 0.29) is 56.4 Å². The maximum atomic E-state index is 14.6. The molecule has 3 N–H and O–H groups in total. The van der Waals surface area contributed by atoms with Crippen molar-refractivity contribution in [2.45, 2.75) is 37.3 Å². The van der Waals surface area contributed by atoms with E-state index in [1.165, 1.54) is 42.1 Å². The molecule has 0 unspecified atom stereocenters. The van der Waals surface area contributed by atoms with Gasteiger partial charge in [0.25, 0.3) is 5.91 Å². The number of carbonyl (C=O) groups is 2. The smallest absolute Gasteiger partial charge is 0.398 e. The van der Waals surface area contributed by atoms with Crippen LogP contribution in [0.1, 0.15) is 57.5 Å². The molecule has 4 rings (SSSR count). The molecule has 1 amide bonds. The lowest BCUT2D eigenvalue weighted by Crippen LogP contribution is -2.33. The second kappa shape index (κ2) is 9.31. The second-order valence-electron chi connectivity index (χ2n) is 8.33. The van der Waals surface area contributed by atoms with Gasteiger partial charge < -0.3 is 10.4 Å². The molecule has 0 aromatic heterocycles. The first-order valence-electron chi connectivity index (χ1n) is 10.6. The number of hydrogen-bond donors (Lipinski definition) is 3. The molecule has 1 aliphatic heterocycles. The van der Waals surface area contributed by atoms with E-state index in [4.69, 9.17) is 22.1 Å². The van der Waals surface area contributed by atoms with Gasteiger partial charge in [0.2, 0.25) is 0 Å². The Kier molecular flexibility index (Phi) is 6.72. The Morgan fingerprint density at radius 2 is 1.89 bits per heavy atom. The zero-order valence-electron chi connectivity index (χ0n) is 18.1. The number of aromatic carboxylic acids is 1. The van der Waals surface area contributed by atoms with Gasteiger partial charge in [-0.05, 0) is 61.3 Å². The molecule has 2 aliphatic rings. The molecule has 184 valence electrons. The number of hydrogen-bond acceptors (Lipinski definition) is 4. The Hall–Kier alpha value is -2.85. The molecule has 1 aliphatic carbocycles. The minimum absolute atomic E-state index is 0.119. The quantitative estimate of drug-likeness (QED) is 0.304. The van der Waals surface area contributed by atoms with Crippen LogP contribution < -0.4 is 5.32 Å². The summed E-state index contributed by atoms with van der Waals surface area (Å²) in [6, 6.07) is 7.13. The highest BCUT2D eigenvalue weighted by Gasteiger charge is 2.65. The third-order valence-corrected chi connectivity index (χ3v) is 7.66. The Morgan fingerprint density at radius 1 is 1.17 bits per heavy atom. The third kappa shape index (κ3) is 4.69. The molecule has 35 heavy (non-hydrogen) atoms. The standard InChI is InChI=1S/C24H19ClF4N2O3S/c25-15-4-1-3-14(23(8-9-23)24(27,28)29)18(15)21(32)31-17-5-2-10-35-20(17)19(30)13-7-6-12(22(33)34)11-16(13)26/h1,3-4,6-7,11,30H,2,5,8-10H2,(H,31,32)(H,33,34). The third-order valence-electron chi connectivity index (χ3n) is 6.12. The van der Waals surface area contributed by atoms with E-state index < -0.39 is 29.3 Å². The van der Waals surface area contributed by atoms with E-state index in [1.807, 2.05) is 0 Å². The van der Waals surface area contributed by atoms with E-state index in [0.717, 1.165) is 6.07 Å². The maximum absolute atomic E-state index is 14.6. The highest BCUT2D eigenvalue weighted by molar-refractivity contribution is 8.04. The molecule has 5 nitrogen and oxygen atoms in total. The summed E-state index contributed by atoms with van der Waals surface area (Å²) in [5.41, 5.74) is -2.99. The SMILES string of the molecule is N=C(C1=C(NC(=O)c2c(Cl)cccc2C2(C(F)(F)F)CC2)CCCS1)c1ccc(C(=O)O)cc1F. The lowest BCUT2D eigenvalue weighted by molar-refractivity contribution is -0.160. The molecule has 1 heterocycles. The molecule has 2 aromatic carbocycles. The summed E-state index contributed by atoms with van der Waals surface area (Å²) < 4.78 is 56.0. The fourth-order valence-corrected chi connectivity index (χ4v) is 5.46. The average Bonchev–Trinajstić information content (AvgIpc) is 3.61. The largest absolute Gasteiger partial charge is 0.478 e. The Morgan fingerprint density at radius 3 is 2.49 bits per heavy atom. The fraction of sp³-hybridized carbons (Fsp3) is 0.292. The molecule has 0 saturated heterocycles. The van der Waals surface area contributed by atoms with Gasteiger partial charge in [-0.25, -0.2) is 9.18 Å². The van der Waals surface area contributed by atoms with Gasteiger partial charge in [-0.15, -0.1) is 11.8 Å². The molecule has 1 fully saturated rings. The molecular formula is C24H19ClF4N2O3S. The summed E-state index contributed by atoms with van der Waals surface area (Å²) in [5.74, 6) is -2.47. The van der Waals surface area contributed by atoms with Crippen LogP contribution in [0.2, 0.25) is 5.02 Å². The zero-order valence-corrected chi connectivity index (χ0v) is 19.6. The normalized spacial score (nSPS) is 17.2. The fourth-order valence-electron chi connectivity index (χ4n) is 4.12. The number of carbonyl (C=O) groups excluding carboxylic acids is 1. The van der Waals surface area contributed by atoms with Crippen LogP contribution in [0.3, 0.4) is 0 Å². The van der Waals surface area contributed by atoms with Crippen molar-refractivity contribution in [1.82, 2.24) is 5.32 Å². The van der Waals surface area contributed by atoms with Gasteiger partial charge in [0, 0.05) is 11.3 Å². The first kappa shape index (κ1) is 25.2. The molecule has 1 saturated carbocycles. The van der Waals surface area contributed by atoms with Crippen molar-refractivity contribution in [2.24, 2.45) is 0 Å². The number of carboxylic acids is 1. The minimum Gasteiger partial charge on any atom is -0.478 e. The molecule has 0 radical (unpaired) electrons. The van der Waals surface area contributed by atoms with Gasteiger partial charge in [0.05, 0.1) is 32.2 Å². The topological polar surface area (TPSA) is 90.3 Å². The van der Waals surface area contributed by atoms with Crippen LogP contribution in [0.25, 0.3) is 0 Å². The Labute approximate surface area is 207 Å². The van der Waals surface area contributed by atoms with Crippen molar-refractivity contribution >= 4 is 41.0 Å². The molecule has 0 bridgehead atoms. The van der Waals surface area contributed by atoms with Crippen molar-refractivity contribution in [3.05, 3.63) is 80.1 Å². The van der Waals surface area contributed by atoms with Gasteiger partial charge in [-0.3, -0.25) is 10.2 Å². The molecular weight excluding hydrogens is 508 g/mol.